The Labute approximate surface area is 130 Å². The van der Waals surface area contributed by atoms with Crippen molar-refractivity contribution < 1.29 is 0 Å². The van der Waals surface area contributed by atoms with Gasteiger partial charge in [-0.25, -0.2) is 9.97 Å². The maximum absolute atomic E-state index is 4.43. The Hall–Kier alpha value is -1.55. The Bertz CT molecular complexity index is 594. The lowest BCUT2D eigenvalue weighted by atomic mass is 10.1. The minimum Gasteiger partial charge on any atom is -0.356 e. The molecule has 21 heavy (non-hydrogen) atoms. The zero-order valence-electron chi connectivity index (χ0n) is 12.5. The highest BCUT2D eigenvalue weighted by Gasteiger charge is 2.12. The number of anilines is 1. The van der Waals surface area contributed by atoms with Gasteiger partial charge in [-0.3, -0.25) is 0 Å². The van der Waals surface area contributed by atoms with Gasteiger partial charge in [0, 0.05) is 24.9 Å². The summed E-state index contributed by atoms with van der Waals surface area (Å²) in [5, 5.41) is 1.06. The number of nitrogens with zero attached hydrogens (tertiary/aromatic N) is 3. The molecule has 1 aliphatic heterocycles. The molecule has 0 spiro atoms. The smallest absolute Gasteiger partial charge is 0.133 e. The van der Waals surface area contributed by atoms with Gasteiger partial charge >= 0.3 is 0 Å². The number of aryl methyl sites for hydroxylation is 1. The largest absolute Gasteiger partial charge is 0.356 e. The van der Waals surface area contributed by atoms with Crippen LogP contribution in [-0.2, 0) is 5.75 Å². The van der Waals surface area contributed by atoms with Crippen molar-refractivity contribution >= 4 is 17.6 Å². The average Bonchev–Trinajstić information content (AvgIpc) is 2.54. The van der Waals surface area contributed by atoms with Gasteiger partial charge in [-0.05, 0) is 31.7 Å². The van der Waals surface area contributed by atoms with Gasteiger partial charge in [-0.2, -0.15) is 0 Å². The normalized spacial score (nSPS) is 15.2. The van der Waals surface area contributed by atoms with E-state index < -0.39 is 0 Å². The summed E-state index contributed by atoms with van der Waals surface area (Å²) in [6, 6.07) is 10.8. The van der Waals surface area contributed by atoms with Crippen LogP contribution in [0.5, 0.6) is 0 Å². The number of rotatable bonds is 4. The lowest BCUT2D eigenvalue weighted by molar-refractivity contribution is 0.572. The molecular weight excluding hydrogens is 278 g/mol. The molecule has 0 N–H and O–H groups in total. The van der Waals surface area contributed by atoms with Crippen LogP contribution in [0.15, 0.2) is 41.7 Å². The molecule has 3 nitrogen and oxygen atoms in total. The van der Waals surface area contributed by atoms with Crippen LogP contribution < -0.4 is 4.90 Å². The summed E-state index contributed by atoms with van der Waals surface area (Å²) in [6.07, 6.45) is 5.59. The number of benzene rings is 1. The molecule has 1 aromatic heterocycles. The van der Waals surface area contributed by atoms with Gasteiger partial charge in [0.2, 0.25) is 0 Å². The Balaban J connectivity index is 1.65. The van der Waals surface area contributed by atoms with Crippen molar-refractivity contribution in [2.75, 3.05) is 18.0 Å². The third-order valence-electron chi connectivity index (χ3n) is 3.78. The maximum atomic E-state index is 4.43. The highest BCUT2D eigenvalue weighted by Crippen LogP contribution is 2.25. The van der Waals surface area contributed by atoms with Crippen molar-refractivity contribution in [2.24, 2.45) is 0 Å². The van der Waals surface area contributed by atoms with Crippen molar-refractivity contribution in [3.63, 3.8) is 0 Å². The SMILES string of the molecule is Cc1cccc(CSc2cc(N3CCCCC3)ncn2)c1. The fourth-order valence-corrected chi connectivity index (χ4v) is 3.47. The first kappa shape index (κ1) is 14.4. The molecule has 1 aromatic carbocycles. The van der Waals surface area contributed by atoms with Crippen molar-refractivity contribution in [3.8, 4) is 0 Å². The molecule has 2 aromatic rings. The zero-order chi connectivity index (χ0) is 14.5. The Kier molecular flexibility index (Phi) is 4.76. The van der Waals surface area contributed by atoms with E-state index in [0.29, 0.717) is 0 Å². The molecule has 1 aliphatic rings. The van der Waals surface area contributed by atoms with Crippen LogP contribution in [0.2, 0.25) is 0 Å². The second-order valence-corrected chi connectivity index (χ2v) is 6.54. The molecule has 2 heterocycles. The molecule has 110 valence electrons. The van der Waals surface area contributed by atoms with Crippen molar-refractivity contribution in [2.45, 2.75) is 37.0 Å². The van der Waals surface area contributed by atoms with Crippen LogP contribution in [0.3, 0.4) is 0 Å². The van der Waals surface area contributed by atoms with Gasteiger partial charge in [-0.1, -0.05) is 29.8 Å². The molecule has 0 aliphatic carbocycles. The topological polar surface area (TPSA) is 29.0 Å². The lowest BCUT2D eigenvalue weighted by Gasteiger charge is -2.27. The molecule has 4 heteroatoms. The van der Waals surface area contributed by atoms with E-state index in [-0.39, 0.29) is 0 Å². The fraction of sp³-hybridized carbons (Fsp3) is 0.412. The standard InChI is InChI=1S/C17H21N3S/c1-14-6-5-7-15(10-14)12-21-17-11-16(18-13-19-17)20-8-3-2-4-9-20/h5-7,10-11,13H,2-4,8-9,12H2,1H3. The van der Waals surface area contributed by atoms with Crippen LogP contribution >= 0.6 is 11.8 Å². The molecule has 1 fully saturated rings. The van der Waals surface area contributed by atoms with E-state index >= 15 is 0 Å². The first-order valence-electron chi connectivity index (χ1n) is 7.56. The second-order valence-electron chi connectivity index (χ2n) is 5.54. The summed E-state index contributed by atoms with van der Waals surface area (Å²) >= 11 is 1.78. The lowest BCUT2D eigenvalue weighted by Crippen LogP contribution is -2.30. The number of hydrogen-bond acceptors (Lipinski definition) is 4. The molecule has 0 radical (unpaired) electrons. The molecule has 0 bridgehead atoms. The van der Waals surface area contributed by atoms with E-state index in [2.05, 4.69) is 52.1 Å². The molecule has 0 saturated carbocycles. The Morgan fingerprint density at radius 1 is 1.10 bits per heavy atom. The Morgan fingerprint density at radius 3 is 2.76 bits per heavy atom. The minimum absolute atomic E-state index is 0.956. The van der Waals surface area contributed by atoms with Crippen LogP contribution in [-0.4, -0.2) is 23.1 Å². The summed E-state index contributed by atoms with van der Waals surface area (Å²) in [5.74, 6) is 2.04. The molecule has 0 atom stereocenters. The molecule has 3 rings (SSSR count). The Morgan fingerprint density at radius 2 is 1.95 bits per heavy atom. The van der Waals surface area contributed by atoms with Gasteiger partial charge in [0.1, 0.15) is 17.2 Å². The fourth-order valence-electron chi connectivity index (χ4n) is 2.66. The van der Waals surface area contributed by atoms with E-state index in [1.54, 1.807) is 18.1 Å². The first-order chi connectivity index (χ1) is 10.3. The van der Waals surface area contributed by atoms with E-state index in [9.17, 15) is 0 Å². The van der Waals surface area contributed by atoms with Gasteiger partial charge < -0.3 is 4.90 Å². The highest BCUT2D eigenvalue weighted by atomic mass is 32.2. The maximum Gasteiger partial charge on any atom is 0.133 e. The predicted molar refractivity (Wildman–Crippen MR) is 88.8 cm³/mol. The van der Waals surface area contributed by atoms with Crippen LogP contribution in [0, 0.1) is 6.92 Å². The second kappa shape index (κ2) is 6.94. The third-order valence-corrected chi connectivity index (χ3v) is 4.77. The quantitative estimate of drug-likeness (QED) is 0.628. The first-order valence-corrected chi connectivity index (χ1v) is 8.55. The van der Waals surface area contributed by atoms with E-state index in [4.69, 9.17) is 0 Å². The van der Waals surface area contributed by atoms with E-state index in [0.717, 1.165) is 29.7 Å². The molecule has 0 amide bonds. The monoisotopic (exact) mass is 299 g/mol. The molecular formula is C17H21N3S. The van der Waals surface area contributed by atoms with E-state index in [1.807, 2.05) is 0 Å². The van der Waals surface area contributed by atoms with Gasteiger partial charge in [-0.15, -0.1) is 11.8 Å². The summed E-state index contributed by atoms with van der Waals surface area (Å²) in [4.78, 5) is 11.2. The van der Waals surface area contributed by atoms with Crippen molar-refractivity contribution in [3.05, 3.63) is 47.8 Å². The number of piperidine rings is 1. The van der Waals surface area contributed by atoms with Crippen LogP contribution in [0.4, 0.5) is 5.82 Å². The van der Waals surface area contributed by atoms with Crippen molar-refractivity contribution in [1.82, 2.24) is 9.97 Å². The van der Waals surface area contributed by atoms with Crippen LogP contribution in [0.25, 0.3) is 0 Å². The van der Waals surface area contributed by atoms with Crippen molar-refractivity contribution in [1.29, 1.82) is 0 Å². The van der Waals surface area contributed by atoms with E-state index in [1.165, 1.54) is 30.4 Å². The van der Waals surface area contributed by atoms with Crippen LogP contribution in [0.1, 0.15) is 30.4 Å². The van der Waals surface area contributed by atoms with Gasteiger partial charge in [0.25, 0.3) is 0 Å². The van der Waals surface area contributed by atoms with Gasteiger partial charge in [0.15, 0.2) is 0 Å². The summed E-state index contributed by atoms with van der Waals surface area (Å²) in [6.45, 7) is 4.38. The number of thioether (sulfide) groups is 1. The number of aromatic nitrogens is 2. The van der Waals surface area contributed by atoms with Gasteiger partial charge in [0.05, 0.1) is 0 Å². The number of hydrogen-bond donors (Lipinski definition) is 0. The predicted octanol–water partition coefficient (Wildman–Crippen LogP) is 4.07. The molecule has 1 saturated heterocycles. The summed E-state index contributed by atoms with van der Waals surface area (Å²) in [7, 11) is 0. The molecule has 0 unspecified atom stereocenters. The third kappa shape index (κ3) is 3.97. The summed E-state index contributed by atoms with van der Waals surface area (Å²) < 4.78 is 0. The summed E-state index contributed by atoms with van der Waals surface area (Å²) in [5.41, 5.74) is 2.66. The average molecular weight is 299 g/mol. The zero-order valence-corrected chi connectivity index (χ0v) is 13.3. The minimum atomic E-state index is 0.956. The highest BCUT2D eigenvalue weighted by molar-refractivity contribution is 7.98.